The van der Waals surface area contributed by atoms with Gasteiger partial charge in [-0.05, 0) is 36.5 Å². The number of benzene rings is 2. The first-order valence-corrected chi connectivity index (χ1v) is 12.3. The Labute approximate surface area is 198 Å². The lowest BCUT2D eigenvalue weighted by Crippen LogP contribution is -2.85. The molecule has 0 saturated carbocycles. The summed E-state index contributed by atoms with van der Waals surface area (Å²) in [5, 5.41) is 2.68. The molecular formula is C28H29N3O3. The van der Waals surface area contributed by atoms with Crippen molar-refractivity contribution in [3.05, 3.63) is 71.4 Å². The van der Waals surface area contributed by atoms with E-state index in [0.29, 0.717) is 25.8 Å². The van der Waals surface area contributed by atoms with Crippen molar-refractivity contribution in [2.45, 2.75) is 62.6 Å². The number of piperidine rings is 2. The fraction of sp³-hybridized carbons (Fsp3) is 0.429. The van der Waals surface area contributed by atoms with Gasteiger partial charge in [0.25, 0.3) is 11.8 Å². The van der Waals surface area contributed by atoms with Gasteiger partial charge in [0, 0.05) is 40.9 Å². The van der Waals surface area contributed by atoms with Crippen LogP contribution in [0.25, 0.3) is 10.9 Å². The summed E-state index contributed by atoms with van der Waals surface area (Å²) in [6.07, 6.45) is 2.75. The normalized spacial score (nSPS) is 31.1. The summed E-state index contributed by atoms with van der Waals surface area (Å²) in [5.41, 5.74) is 2.28. The molecule has 1 N–H and O–H groups in total. The molecule has 6 nitrogen and oxygen atoms in total. The van der Waals surface area contributed by atoms with E-state index in [9.17, 15) is 9.59 Å². The maximum Gasteiger partial charge on any atom is 0.273 e. The number of hydrogen-bond donors (Lipinski definition) is 1. The first kappa shape index (κ1) is 20.3. The summed E-state index contributed by atoms with van der Waals surface area (Å²) in [6, 6.07) is 18.2. The molecule has 4 fully saturated rings. The molecule has 8 rings (SSSR count). The van der Waals surface area contributed by atoms with Crippen LogP contribution in [0.2, 0.25) is 0 Å². The molecular weight excluding hydrogens is 426 g/mol. The monoisotopic (exact) mass is 455 g/mol. The summed E-state index contributed by atoms with van der Waals surface area (Å²) >= 11 is 0. The van der Waals surface area contributed by atoms with Gasteiger partial charge >= 0.3 is 0 Å². The number of aromatic amines is 1. The van der Waals surface area contributed by atoms with Gasteiger partial charge in [0.2, 0.25) is 0 Å². The number of amides is 2. The summed E-state index contributed by atoms with van der Waals surface area (Å²) in [5.74, 6) is 0.00433. The van der Waals surface area contributed by atoms with Gasteiger partial charge in [-0.25, -0.2) is 5.06 Å². The molecule has 34 heavy (non-hydrogen) atoms. The van der Waals surface area contributed by atoms with E-state index in [-0.39, 0.29) is 29.8 Å². The minimum atomic E-state index is -1.03. The van der Waals surface area contributed by atoms with Crippen LogP contribution in [0.3, 0.4) is 0 Å². The summed E-state index contributed by atoms with van der Waals surface area (Å²) in [7, 11) is 0. The molecule has 5 heterocycles. The predicted molar refractivity (Wildman–Crippen MR) is 128 cm³/mol. The highest BCUT2D eigenvalue weighted by molar-refractivity contribution is 6.05. The molecule has 5 aliphatic rings. The molecule has 2 unspecified atom stereocenters. The van der Waals surface area contributed by atoms with E-state index in [4.69, 9.17) is 4.84 Å². The zero-order valence-corrected chi connectivity index (χ0v) is 19.6. The molecule has 1 aromatic heterocycles. The van der Waals surface area contributed by atoms with E-state index >= 15 is 0 Å². The molecule has 0 radical (unpaired) electrons. The molecule has 3 atom stereocenters. The highest BCUT2D eigenvalue weighted by Gasteiger charge is 2.76. The first-order chi connectivity index (χ1) is 16.4. The average Bonchev–Trinajstić information content (AvgIpc) is 3.44. The Morgan fingerprint density at radius 2 is 1.79 bits per heavy atom. The van der Waals surface area contributed by atoms with Crippen LogP contribution in [-0.4, -0.2) is 44.4 Å². The Morgan fingerprint density at radius 3 is 2.62 bits per heavy atom. The zero-order valence-electron chi connectivity index (χ0n) is 19.6. The fourth-order valence-electron chi connectivity index (χ4n) is 7.57. The van der Waals surface area contributed by atoms with E-state index in [2.05, 4.69) is 31.0 Å². The van der Waals surface area contributed by atoms with Crippen molar-refractivity contribution in [1.29, 1.82) is 0 Å². The van der Waals surface area contributed by atoms with E-state index in [1.807, 2.05) is 47.4 Å². The van der Waals surface area contributed by atoms with Gasteiger partial charge in [0.1, 0.15) is 12.1 Å². The number of fused-ring (bicyclic) bond motifs is 4. The third-order valence-corrected chi connectivity index (χ3v) is 9.15. The molecule has 174 valence electrons. The third-order valence-electron chi connectivity index (χ3n) is 9.15. The minimum absolute atomic E-state index is 0.0316. The van der Waals surface area contributed by atoms with Crippen LogP contribution < -0.4 is 0 Å². The molecule has 2 spiro atoms. The fourth-order valence-corrected chi connectivity index (χ4v) is 7.57. The van der Waals surface area contributed by atoms with E-state index in [0.717, 1.165) is 28.5 Å². The van der Waals surface area contributed by atoms with E-state index in [1.54, 1.807) is 5.06 Å². The third kappa shape index (κ3) is 2.25. The quantitative estimate of drug-likeness (QED) is 0.647. The molecule has 2 bridgehead atoms. The maximum absolute atomic E-state index is 14.4. The zero-order chi connectivity index (χ0) is 23.3. The molecule has 3 aromatic rings. The number of aromatic nitrogens is 1. The lowest BCUT2D eigenvalue weighted by Gasteiger charge is -2.66. The van der Waals surface area contributed by atoms with Gasteiger partial charge in [-0.1, -0.05) is 62.4 Å². The highest BCUT2D eigenvalue weighted by Crippen LogP contribution is 2.62. The Balaban J connectivity index is 1.43. The molecule has 4 saturated heterocycles. The smallest absolute Gasteiger partial charge is 0.273 e. The second kappa shape index (κ2) is 6.51. The van der Waals surface area contributed by atoms with Gasteiger partial charge in [0.15, 0.2) is 5.54 Å². The molecule has 2 amide bonds. The average molecular weight is 456 g/mol. The van der Waals surface area contributed by atoms with Gasteiger partial charge in [0.05, 0.1) is 0 Å². The number of nitrogens with one attached hydrogen (secondary N) is 1. The lowest BCUT2D eigenvalue weighted by molar-refractivity contribution is -0.283. The topological polar surface area (TPSA) is 65.6 Å². The number of carbonyl (C=O) groups is 2. The highest BCUT2D eigenvalue weighted by atomic mass is 16.7. The van der Waals surface area contributed by atoms with Crippen LogP contribution >= 0.6 is 0 Å². The van der Waals surface area contributed by atoms with Crippen molar-refractivity contribution >= 4 is 22.7 Å². The Kier molecular flexibility index (Phi) is 3.88. The SMILES string of the molecule is CC1(C)c2[nH]c3ccccc3c2CC23C(=O)N4CCCC4(C[C@H]12)C(=O)N3OCc1ccccc1. The molecule has 2 aromatic carbocycles. The summed E-state index contributed by atoms with van der Waals surface area (Å²) < 4.78 is 0. The number of rotatable bonds is 3. The second-order valence-electron chi connectivity index (χ2n) is 11.1. The number of hydrogen-bond acceptors (Lipinski definition) is 3. The Hall–Kier alpha value is -3.12. The van der Waals surface area contributed by atoms with Crippen molar-refractivity contribution in [2.75, 3.05) is 6.54 Å². The largest absolute Gasteiger partial charge is 0.358 e. The maximum atomic E-state index is 14.4. The minimum Gasteiger partial charge on any atom is -0.358 e. The lowest BCUT2D eigenvalue weighted by atomic mass is 9.51. The standard InChI is InChI=1S/C28H29N3O3/c1-26(2)22-16-27-13-8-14-30(27)25(33)28(22,15-20-19-11-6-7-12-21(19)29-23(20)26)31(24(27)32)34-17-18-9-4-3-5-10-18/h3-7,9-12,22,29H,8,13-17H2,1-2H3/t22-,27?,28?/m1/s1. The van der Waals surface area contributed by atoms with Crippen molar-refractivity contribution < 1.29 is 14.4 Å². The summed E-state index contributed by atoms with van der Waals surface area (Å²) in [6.45, 7) is 5.39. The first-order valence-electron chi connectivity index (χ1n) is 12.3. The number of hydroxylamine groups is 2. The van der Waals surface area contributed by atoms with Gasteiger partial charge < -0.3 is 9.88 Å². The van der Waals surface area contributed by atoms with Crippen molar-refractivity contribution in [1.82, 2.24) is 14.9 Å². The van der Waals surface area contributed by atoms with Crippen LogP contribution in [0.1, 0.15) is 49.9 Å². The Morgan fingerprint density at radius 1 is 1.03 bits per heavy atom. The van der Waals surface area contributed by atoms with Crippen LogP contribution in [0.5, 0.6) is 0 Å². The van der Waals surface area contributed by atoms with Crippen LogP contribution in [0, 0.1) is 5.92 Å². The molecule has 1 aliphatic carbocycles. The Bertz CT molecular complexity index is 1350. The van der Waals surface area contributed by atoms with Crippen LogP contribution in [0.4, 0.5) is 0 Å². The second-order valence-corrected chi connectivity index (χ2v) is 11.1. The molecule has 4 aliphatic heterocycles. The van der Waals surface area contributed by atoms with E-state index < -0.39 is 11.1 Å². The van der Waals surface area contributed by atoms with Gasteiger partial charge in [-0.2, -0.15) is 0 Å². The number of nitrogens with zero attached hydrogens (tertiary/aromatic N) is 2. The van der Waals surface area contributed by atoms with Crippen molar-refractivity contribution in [3.8, 4) is 0 Å². The number of carbonyl (C=O) groups excluding carboxylic acids is 2. The van der Waals surface area contributed by atoms with Gasteiger partial charge in [-0.15, -0.1) is 0 Å². The number of para-hydroxylation sites is 1. The number of H-pyrrole nitrogens is 1. The van der Waals surface area contributed by atoms with Gasteiger partial charge in [-0.3, -0.25) is 14.4 Å². The van der Waals surface area contributed by atoms with Crippen molar-refractivity contribution in [2.24, 2.45) is 5.92 Å². The molecule has 6 heteroatoms. The van der Waals surface area contributed by atoms with E-state index in [1.165, 1.54) is 5.69 Å². The predicted octanol–water partition coefficient (Wildman–Crippen LogP) is 4.10. The summed E-state index contributed by atoms with van der Waals surface area (Å²) in [4.78, 5) is 40.5. The number of piperazine rings is 1. The van der Waals surface area contributed by atoms with Crippen molar-refractivity contribution in [3.63, 3.8) is 0 Å². The van der Waals surface area contributed by atoms with Crippen LogP contribution in [-0.2, 0) is 32.9 Å². The van der Waals surface area contributed by atoms with Crippen LogP contribution in [0.15, 0.2) is 54.6 Å².